The van der Waals surface area contributed by atoms with Crippen LogP contribution in [-0.2, 0) is 16.0 Å². The normalized spacial score (nSPS) is 15.1. The van der Waals surface area contributed by atoms with Crippen LogP contribution in [-0.4, -0.2) is 42.2 Å². The first kappa shape index (κ1) is 20.7. The van der Waals surface area contributed by atoms with Gasteiger partial charge >= 0.3 is 0 Å². The van der Waals surface area contributed by atoms with Gasteiger partial charge in [0.2, 0.25) is 5.91 Å². The standard InChI is InChI=1S/C22H22N2O4S/c1-28-18-10-7-17(8-11-18)15-19-21(26)24(22(27)29-19)14-13-23-20(25)12-9-16-5-3-2-4-6-16/h2-8,10-11,15H,9,12-14H2,1H3,(H,23,25). The van der Waals surface area contributed by atoms with Gasteiger partial charge in [-0.15, -0.1) is 0 Å². The molecule has 0 unspecified atom stereocenters. The predicted molar refractivity (Wildman–Crippen MR) is 113 cm³/mol. The van der Waals surface area contributed by atoms with Gasteiger partial charge < -0.3 is 10.1 Å². The van der Waals surface area contributed by atoms with Gasteiger partial charge in [-0.05, 0) is 47.5 Å². The third-order valence-corrected chi connectivity index (χ3v) is 5.34. The molecule has 1 saturated heterocycles. The van der Waals surface area contributed by atoms with Gasteiger partial charge in [0, 0.05) is 19.5 Å². The summed E-state index contributed by atoms with van der Waals surface area (Å²) in [5, 5.41) is 2.44. The summed E-state index contributed by atoms with van der Waals surface area (Å²) in [6.45, 7) is 0.392. The largest absolute Gasteiger partial charge is 0.497 e. The molecule has 3 amide bonds. The van der Waals surface area contributed by atoms with Crippen LogP contribution in [0.4, 0.5) is 4.79 Å². The summed E-state index contributed by atoms with van der Waals surface area (Å²) < 4.78 is 5.11. The van der Waals surface area contributed by atoms with E-state index in [-0.39, 0.29) is 30.1 Å². The van der Waals surface area contributed by atoms with Crippen molar-refractivity contribution in [2.75, 3.05) is 20.2 Å². The average molecular weight is 410 g/mol. The number of benzene rings is 2. The number of imide groups is 1. The maximum atomic E-state index is 12.5. The number of nitrogens with one attached hydrogen (secondary N) is 1. The van der Waals surface area contributed by atoms with Crippen molar-refractivity contribution in [2.45, 2.75) is 12.8 Å². The maximum Gasteiger partial charge on any atom is 0.293 e. The molecule has 0 saturated carbocycles. The second kappa shape index (κ2) is 9.93. The van der Waals surface area contributed by atoms with Crippen molar-refractivity contribution in [2.24, 2.45) is 0 Å². The van der Waals surface area contributed by atoms with E-state index in [0.29, 0.717) is 17.7 Å². The Morgan fingerprint density at radius 2 is 1.83 bits per heavy atom. The molecule has 0 aliphatic carbocycles. The van der Waals surface area contributed by atoms with E-state index in [1.54, 1.807) is 25.3 Å². The number of hydrogen-bond acceptors (Lipinski definition) is 5. The highest BCUT2D eigenvalue weighted by Crippen LogP contribution is 2.32. The lowest BCUT2D eigenvalue weighted by Gasteiger charge is -2.13. The number of thioether (sulfide) groups is 1. The van der Waals surface area contributed by atoms with Gasteiger partial charge in [-0.2, -0.15) is 0 Å². The van der Waals surface area contributed by atoms with Crippen molar-refractivity contribution >= 4 is 34.9 Å². The molecule has 1 N–H and O–H groups in total. The SMILES string of the molecule is COc1ccc(C=C2SC(=O)N(CCNC(=O)CCc3ccccc3)C2=O)cc1. The molecule has 2 aromatic carbocycles. The number of carbonyl (C=O) groups is 3. The second-order valence-electron chi connectivity index (χ2n) is 6.44. The molecule has 2 aromatic rings. The van der Waals surface area contributed by atoms with Crippen molar-refractivity contribution in [3.8, 4) is 5.75 Å². The molecule has 1 aliphatic heterocycles. The van der Waals surface area contributed by atoms with Crippen molar-refractivity contribution in [1.29, 1.82) is 0 Å². The minimum absolute atomic E-state index is 0.102. The van der Waals surface area contributed by atoms with Crippen molar-refractivity contribution in [1.82, 2.24) is 10.2 Å². The smallest absolute Gasteiger partial charge is 0.293 e. The molecular formula is C22H22N2O4S. The lowest BCUT2D eigenvalue weighted by molar-refractivity contribution is -0.124. The van der Waals surface area contributed by atoms with Gasteiger partial charge in [0.1, 0.15) is 5.75 Å². The first-order valence-electron chi connectivity index (χ1n) is 9.27. The zero-order valence-electron chi connectivity index (χ0n) is 16.1. The number of amides is 3. The van der Waals surface area contributed by atoms with E-state index in [4.69, 9.17) is 4.74 Å². The van der Waals surface area contributed by atoms with Crippen LogP contribution in [0.5, 0.6) is 5.75 Å². The fourth-order valence-electron chi connectivity index (χ4n) is 2.84. The minimum atomic E-state index is -0.339. The van der Waals surface area contributed by atoms with Crippen LogP contribution < -0.4 is 10.1 Å². The fourth-order valence-corrected chi connectivity index (χ4v) is 3.71. The number of aryl methyl sites for hydroxylation is 1. The third kappa shape index (κ3) is 5.71. The van der Waals surface area contributed by atoms with Crippen molar-refractivity contribution < 1.29 is 19.1 Å². The monoisotopic (exact) mass is 410 g/mol. The van der Waals surface area contributed by atoms with Crippen LogP contribution in [0.25, 0.3) is 6.08 Å². The Hall–Kier alpha value is -3.06. The maximum absolute atomic E-state index is 12.5. The van der Waals surface area contributed by atoms with E-state index in [1.165, 1.54) is 0 Å². The van der Waals surface area contributed by atoms with Gasteiger partial charge in [-0.1, -0.05) is 42.5 Å². The molecule has 0 spiro atoms. The molecule has 1 fully saturated rings. The lowest BCUT2D eigenvalue weighted by Crippen LogP contribution is -2.37. The Bertz CT molecular complexity index is 910. The van der Waals surface area contributed by atoms with Crippen LogP contribution in [0, 0.1) is 0 Å². The van der Waals surface area contributed by atoms with Crippen LogP contribution >= 0.6 is 11.8 Å². The van der Waals surface area contributed by atoms with Gasteiger partial charge in [0.25, 0.3) is 11.1 Å². The number of hydrogen-bond donors (Lipinski definition) is 1. The highest BCUT2D eigenvalue weighted by Gasteiger charge is 2.34. The van der Waals surface area contributed by atoms with E-state index < -0.39 is 0 Å². The summed E-state index contributed by atoms with van der Waals surface area (Å²) >= 11 is 0.908. The number of ether oxygens (including phenoxy) is 1. The summed E-state index contributed by atoms with van der Waals surface area (Å²) in [4.78, 5) is 38.2. The molecule has 1 aliphatic rings. The highest BCUT2D eigenvalue weighted by atomic mass is 32.2. The molecule has 7 heteroatoms. The van der Waals surface area contributed by atoms with Gasteiger partial charge in [0.15, 0.2) is 0 Å². The third-order valence-electron chi connectivity index (χ3n) is 4.43. The van der Waals surface area contributed by atoms with Gasteiger partial charge in [-0.3, -0.25) is 19.3 Å². The van der Waals surface area contributed by atoms with Crippen LogP contribution in [0.15, 0.2) is 59.5 Å². The number of nitrogens with zero attached hydrogens (tertiary/aromatic N) is 1. The molecule has 150 valence electrons. The number of carbonyl (C=O) groups excluding carboxylic acids is 3. The zero-order valence-corrected chi connectivity index (χ0v) is 16.9. The topological polar surface area (TPSA) is 75.7 Å². The molecule has 0 bridgehead atoms. The molecule has 0 aromatic heterocycles. The van der Waals surface area contributed by atoms with E-state index in [2.05, 4.69) is 5.32 Å². The van der Waals surface area contributed by atoms with Crippen LogP contribution in [0.3, 0.4) is 0 Å². The summed E-state index contributed by atoms with van der Waals surface area (Å²) in [5.41, 5.74) is 1.91. The predicted octanol–water partition coefficient (Wildman–Crippen LogP) is 3.48. The Labute approximate surface area is 173 Å². The highest BCUT2D eigenvalue weighted by molar-refractivity contribution is 8.18. The molecule has 1 heterocycles. The molecule has 29 heavy (non-hydrogen) atoms. The van der Waals surface area contributed by atoms with Crippen LogP contribution in [0.1, 0.15) is 17.5 Å². The van der Waals surface area contributed by atoms with Crippen molar-refractivity contribution in [3.05, 3.63) is 70.6 Å². The van der Waals surface area contributed by atoms with Crippen LogP contribution in [0.2, 0.25) is 0 Å². The van der Waals surface area contributed by atoms with Crippen molar-refractivity contribution in [3.63, 3.8) is 0 Å². The Kier molecular flexibility index (Phi) is 7.08. The molecule has 0 radical (unpaired) electrons. The lowest BCUT2D eigenvalue weighted by atomic mass is 10.1. The van der Waals surface area contributed by atoms with E-state index >= 15 is 0 Å². The zero-order chi connectivity index (χ0) is 20.6. The van der Waals surface area contributed by atoms with Gasteiger partial charge in [0.05, 0.1) is 12.0 Å². The summed E-state index contributed by atoms with van der Waals surface area (Å²) in [6.07, 6.45) is 2.70. The van der Waals surface area contributed by atoms with E-state index in [0.717, 1.165) is 33.5 Å². The first-order chi connectivity index (χ1) is 14.1. The minimum Gasteiger partial charge on any atom is -0.497 e. The fraction of sp³-hybridized carbons (Fsp3) is 0.227. The summed E-state index contributed by atoms with van der Waals surface area (Å²) in [7, 11) is 1.58. The first-order valence-corrected chi connectivity index (χ1v) is 10.1. The molecule has 3 rings (SSSR count). The summed E-state index contributed by atoms with van der Waals surface area (Å²) in [5.74, 6) is 0.280. The molecule has 6 nitrogen and oxygen atoms in total. The Balaban J connectivity index is 1.48. The number of rotatable bonds is 8. The molecule has 0 atom stereocenters. The van der Waals surface area contributed by atoms with E-state index in [9.17, 15) is 14.4 Å². The van der Waals surface area contributed by atoms with Gasteiger partial charge in [-0.25, -0.2) is 0 Å². The Morgan fingerprint density at radius 3 is 2.52 bits per heavy atom. The average Bonchev–Trinajstić information content (AvgIpc) is 3.01. The quantitative estimate of drug-likeness (QED) is 0.675. The summed E-state index contributed by atoms with van der Waals surface area (Å²) in [6, 6.07) is 17.0. The molecular weight excluding hydrogens is 388 g/mol. The van der Waals surface area contributed by atoms with E-state index in [1.807, 2.05) is 42.5 Å². The number of methoxy groups -OCH3 is 1. The Morgan fingerprint density at radius 1 is 1.10 bits per heavy atom. The second-order valence-corrected chi connectivity index (χ2v) is 7.44.